The summed E-state index contributed by atoms with van der Waals surface area (Å²) in [5.41, 5.74) is 11.9. The summed E-state index contributed by atoms with van der Waals surface area (Å²) in [7, 11) is 0. The fourth-order valence-corrected chi connectivity index (χ4v) is 14.5. The van der Waals surface area contributed by atoms with Gasteiger partial charge in [-0.25, -0.2) is 0 Å². The molecule has 5 aromatic carbocycles. The minimum Gasteiger partial charge on any atom is -0.0654 e. The maximum absolute atomic E-state index is 2.52. The van der Waals surface area contributed by atoms with Crippen LogP contribution in [-0.4, -0.2) is 0 Å². The van der Waals surface area contributed by atoms with Gasteiger partial charge in [-0.15, -0.1) is 0 Å². The van der Waals surface area contributed by atoms with Crippen LogP contribution in [0.25, 0.3) is 22.3 Å². The van der Waals surface area contributed by atoms with E-state index in [0.717, 1.165) is 35.5 Å². The van der Waals surface area contributed by atoms with Gasteiger partial charge >= 0.3 is 0 Å². The van der Waals surface area contributed by atoms with E-state index in [2.05, 4.69) is 147 Å². The smallest absolute Gasteiger partial charge is 0.0261 e. The van der Waals surface area contributed by atoms with Gasteiger partial charge in [0.05, 0.1) is 0 Å². The monoisotopic (exact) mass is 795 g/mol. The van der Waals surface area contributed by atoms with E-state index >= 15 is 0 Å². The van der Waals surface area contributed by atoms with Gasteiger partial charge in [0, 0.05) is 10.8 Å². The lowest BCUT2D eigenvalue weighted by molar-refractivity contribution is 0.287. The molecule has 0 radical (unpaired) electrons. The standard InChI is InChI=1S/C60H74/c1-3-5-7-9-11-15-21-49-43-55-39-41-57(49)59(55,51-23-17-13-18-24-51)53-35-31-47(32-36-53)45-27-29-46(30-28-45)48-33-37-54(38-34-48)60(52-25-19-14-20-26-52)56-40-42-58(60)50(44-56)22-16-12-10-8-6-4-2/h13-14,17-20,23-38,49-50,55-58H,3-12,15-16,21-22,39-44H2,1-2H3. The van der Waals surface area contributed by atoms with Crippen molar-refractivity contribution in [2.24, 2.45) is 35.5 Å². The molecular formula is C60H74. The first-order valence-electron chi connectivity index (χ1n) is 25.1. The summed E-state index contributed by atoms with van der Waals surface area (Å²) in [6.45, 7) is 4.65. The summed E-state index contributed by atoms with van der Waals surface area (Å²) in [5.74, 6) is 4.75. The van der Waals surface area contributed by atoms with Crippen molar-refractivity contribution < 1.29 is 0 Å². The van der Waals surface area contributed by atoms with Crippen LogP contribution in [-0.2, 0) is 10.8 Å². The number of hydrogen-bond acceptors (Lipinski definition) is 0. The third-order valence-electron chi connectivity index (χ3n) is 17.1. The molecule has 0 nitrogen and oxygen atoms in total. The molecule has 8 atom stereocenters. The molecule has 0 amide bonds. The normalized spacial score (nSPS) is 27.8. The van der Waals surface area contributed by atoms with E-state index in [9.17, 15) is 0 Å². The summed E-state index contributed by atoms with van der Waals surface area (Å²) in [4.78, 5) is 0. The van der Waals surface area contributed by atoms with Crippen molar-refractivity contribution >= 4 is 0 Å². The lowest BCUT2D eigenvalue weighted by Gasteiger charge is -2.37. The van der Waals surface area contributed by atoms with Crippen LogP contribution in [0.3, 0.4) is 0 Å². The molecule has 9 rings (SSSR count). The van der Waals surface area contributed by atoms with E-state index in [1.807, 2.05) is 0 Å². The molecule has 0 N–H and O–H groups in total. The van der Waals surface area contributed by atoms with Crippen molar-refractivity contribution in [2.75, 3.05) is 0 Å². The third-order valence-corrected chi connectivity index (χ3v) is 17.1. The molecule has 5 aromatic rings. The Morgan fingerprint density at radius 1 is 0.350 bits per heavy atom. The topological polar surface area (TPSA) is 0 Å². The fraction of sp³-hybridized carbons (Fsp3) is 0.500. The zero-order valence-corrected chi connectivity index (χ0v) is 37.3. The molecule has 0 aliphatic heterocycles. The van der Waals surface area contributed by atoms with Crippen molar-refractivity contribution in [3.63, 3.8) is 0 Å². The fourth-order valence-electron chi connectivity index (χ4n) is 14.5. The maximum atomic E-state index is 2.52. The van der Waals surface area contributed by atoms with E-state index < -0.39 is 0 Å². The average Bonchev–Trinajstić information content (AvgIpc) is 4.05. The van der Waals surface area contributed by atoms with E-state index in [4.69, 9.17) is 0 Å². The molecule has 0 spiro atoms. The molecule has 0 aromatic heterocycles. The Morgan fingerprint density at radius 2 is 0.667 bits per heavy atom. The molecule has 0 heterocycles. The molecule has 314 valence electrons. The quantitative estimate of drug-likeness (QED) is 0.0689. The molecule has 4 aliphatic carbocycles. The lowest BCUT2D eigenvalue weighted by Crippen LogP contribution is -2.34. The van der Waals surface area contributed by atoms with Gasteiger partial charge in [0.25, 0.3) is 0 Å². The lowest BCUT2D eigenvalue weighted by atomic mass is 9.65. The van der Waals surface area contributed by atoms with Gasteiger partial charge in [-0.3, -0.25) is 0 Å². The predicted molar refractivity (Wildman–Crippen MR) is 256 cm³/mol. The molecule has 4 saturated carbocycles. The van der Waals surface area contributed by atoms with E-state index in [1.54, 1.807) is 22.3 Å². The van der Waals surface area contributed by atoms with Crippen LogP contribution >= 0.6 is 0 Å². The number of rotatable bonds is 20. The Kier molecular flexibility index (Phi) is 13.1. The Bertz CT molecular complexity index is 1910. The van der Waals surface area contributed by atoms with Gasteiger partial charge in [-0.1, -0.05) is 237 Å². The van der Waals surface area contributed by atoms with E-state index in [-0.39, 0.29) is 10.8 Å². The van der Waals surface area contributed by atoms with Gasteiger partial charge in [0.15, 0.2) is 0 Å². The SMILES string of the molecule is CCCCCCCCC1CC2CCC1C2(c1ccccc1)c1ccc(-c2ccc(-c3ccc(C4(c5ccccc5)C5CCC4C(CCCCCCCC)C5)cc3)cc2)cc1. The van der Waals surface area contributed by atoms with E-state index in [0.29, 0.717) is 0 Å². The first kappa shape index (κ1) is 41.5. The summed E-state index contributed by atoms with van der Waals surface area (Å²) in [6, 6.07) is 52.6. The van der Waals surface area contributed by atoms with E-state index in [1.165, 1.54) is 151 Å². The van der Waals surface area contributed by atoms with Gasteiger partial charge in [-0.05, 0) is 119 Å². The average molecular weight is 795 g/mol. The van der Waals surface area contributed by atoms with Crippen molar-refractivity contribution in [2.45, 2.75) is 153 Å². The number of benzene rings is 5. The second-order valence-corrected chi connectivity index (χ2v) is 20.1. The molecule has 0 heteroatoms. The molecule has 4 fully saturated rings. The van der Waals surface area contributed by atoms with Gasteiger partial charge in [0.1, 0.15) is 0 Å². The predicted octanol–water partition coefficient (Wildman–Crippen LogP) is 17.2. The Morgan fingerprint density at radius 3 is 1.03 bits per heavy atom. The number of hydrogen-bond donors (Lipinski definition) is 0. The zero-order chi connectivity index (χ0) is 40.8. The first-order valence-corrected chi connectivity index (χ1v) is 25.1. The van der Waals surface area contributed by atoms with Crippen molar-refractivity contribution in [1.82, 2.24) is 0 Å². The van der Waals surface area contributed by atoms with Gasteiger partial charge in [-0.2, -0.15) is 0 Å². The zero-order valence-electron chi connectivity index (χ0n) is 37.3. The van der Waals surface area contributed by atoms with Gasteiger partial charge in [0.2, 0.25) is 0 Å². The minimum absolute atomic E-state index is 0.161. The first-order chi connectivity index (χ1) is 29.7. The highest BCUT2D eigenvalue weighted by atomic mass is 14.6. The Balaban J connectivity index is 0.911. The van der Waals surface area contributed by atoms with Crippen LogP contribution in [0.15, 0.2) is 133 Å². The summed E-state index contributed by atoms with van der Waals surface area (Å²) >= 11 is 0. The van der Waals surface area contributed by atoms with Crippen molar-refractivity contribution in [3.8, 4) is 22.3 Å². The van der Waals surface area contributed by atoms with Crippen LogP contribution < -0.4 is 0 Å². The highest BCUT2D eigenvalue weighted by Gasteiger charge is 2.61. The van der Waals surface area contributed by atoms with Crippen molar-refractivity contribution in [3.05, 3.63) is 156 Å². The molecule has 4 bridgehead atoms. The summed E-state index contributed by atoms with van der Waals surface area (Å²) in [5, 5.41) is 0. The molecule has 8 unspecified atom stereocenters. The summed E-state index contributed by atoms with van der Waals surface area (Å²) in [6.07, 6.45) is 28.0. The Hall–Kier alpha value is -3.90. The molecule has 0 saturated heterocycles. The van der Waals surface area contributed by atoms with Crippen LogP contribution in [0, 0.1) is 35.5 Å². The number of fused-ring (bicyclic) bond motifs is 4. The number of unbranched alkanes of at least 4 members (excludes halogenated alkanes) is 10. The van der Waals surface area contributed by atoms with Crippen LogP contribution in [0.1, 0.15) is 165 Å². The third kappa shape index (κ3) is 7.77. The minimum atomic E-state index is 0.161. The second kappa shape index (κ2) is 19.0. The summed E-state index contributed by atoms with van der Waals surface area (Å²) < 4.78 is 0. The maximum Gasteiger partial charge on any atom is 0.0261 e. The molecule has 60 heavy (non-hydrogen) atoms. The van der Waals surface area contributed by atoms with Crippen LogP contribution in [0.5, 0.6) is 0 Å². The second-order valence-electron chi connectivity index (χ2n) is 20.1. The van der Waals surface area contributed by atoms with Gasteiger partial charge < -0.3 is 0 Å². The molecular weight excluding hydrogens is 721 g/mol. The largest absolute Gasteiger partial charge is 0.0654 e. The highest BCUT2D eigenvalue weighted by Crippen LogP contribution is 2.66. The van der Waals surface area contributed by atoms with Crippen LogP contribution in [0.2, 0.25) is 0 Å². The molecule has 4 aliphatic rings. The highest BCUT2D eigenvalue weighted by molar-refractivity contribution is 5.71. The van der Waals surface area contributed by atoms with Crippen LogP contribution in [0.4, 0.5) is 0 Å². The Labute approximate surface area is 365 Å². The van der Waals surface area contributed by atoms with Crippen molar-refractivity contribution in [1.29, 1.82) is 0 Å².